The zero-order valence-electron chi connectivity index (χ0n) is 16.2. The van der Waals surface area contributed by atoms with Crippen LogP contribution in [-0.4, -0.2) is 51.0 Å². The minimum absolute atomic E-state index is 0.0234. The Kier molecular flexibility index (Phi) is 6.25. The molecular weight excluding hydrogens is 397 g/mol. The lowest BCUT2D eigenvalue weighted by molar-refractivity contribution is 0.311. The number of likely N-dealkylation sites (tertiary alicyclic amines) is 1. The van der Waals surface area contributed by atoms with E-state index in [1.165, 1.54) is 53.8 Å². The number of hydrogen-bond donors (Lipinski definition) is 0. The van der Waals surface area contributed by atoms with Gasteiger partial charge in [0.25, 0.3) is 0 Å². The van der Waals surface area contributed by atoms with Crippen LogP contribution in [0.2, 0.25) is 0 Å². The maximum atomic E-state index is 13.7. The van der Waals surface area contributed by atoms with Crippen LogP contribution in [0.1, 0.15) is 12.0 Å². The molecule has 0 N–H and O–H groups in total. The Balaban J connectivity index is 2.06. The molecular formula is C20H22FN3O4S. The summed E-state index contributed by atoms with van der Waals surface area (Å²) in [7, 11) is -1.19. The number of sulfonamides is 1. The maximum Gasteiger partial charge on any atom is 0.247 e. The quantitative estimate of drug-likeness (QED) is 0.642. The van der Waals surface area contributed by atoms with Crippen LogP contribution in [0.25, 0.3) is 0 Å². The van der Waals surface area contributed by atoms with Crippen molar-refractivity contribution < 1.29 is 22.3 Å². The average Bonchev–Trinajstić information content (AvgIpc) is 3.20. The molecule has 2 aromatic rings. The predicted octanol–water partition coefficient (Wildman–Crippen LogP) is 2.59. The van der Waals surface area contributed by atoms with Gasteiger partial charge in [0.15, 0.2) is 6.19 Å². The fourth-order valence-electron chi connectivity index (χ4n) is 3.41. The van der Waals surface area contributed by atoms with Crippen LogP contribution in [0.4, 0.5) is 4.39 Å². The minimum atomic E-state index is -4.03. The number of ether oxygens (including phenoxy) is 2. The van der Waals surface area contributed by atoms with Crippen molar-refractivity contribution in [2.24, 2.45) is 0 Å². The standard InChI is InChI=1S/C20H22FN3O4S/c1-27-18-6-7-19(28-2)20(11-18)29(25,26)24(17-8-9-23(13-17)14-22)12-15-4-3-5-16(21)10-15/h3-7,10-11,17H,8-9,12-13H2,1-2H3/t17-/m1/s1. The molecule has 154 valence electrons. The second kappa shape index (κ2) is 8.68. The predicted molar refractivity (Wildman–Crippen MR) is 104 cm³/mol. The highest BCUT2D eigenvalue weighted by atomic mass is 32.2. The van der Waals surface area contributed by atoms with Crippen molar-refractivity contribution in [2.75, 3.05) is 27.3 Å². The summed E-state index contributed by atoms with van der Waals surface area (Å²) in [6.07, 6.45) is 2.56. The highest BCUT2D eigenvalue weighted by Crippen LogP contribution is 2.33. The summed E-state index contributed by atoms with van der Waals surface area (Å²) >= 11 is 0. The van der Waals surface area contributed by atoms with Gasteiger partial charge in [0, 0.05) is 31.7 Å². The van der Waals surface area contributed by atoms with Gasteiger partial charge in [-0.3, -0.25) is 0 Å². The van der Waals surface area contributed by atoms with Crippen LogP contribution < -0.4 is 9.47 Å². The van der Waals surface area contributed by atoms with Crippen molar-refractivity contribution in [3.63, 3.8) is 0 Å². The number of benzene rings is 2. The largest absolute Gasteiger partial charge is 0.497 e. The molecule has 7 nitrogen and oxygen atoms in total. The molecule has 1 saturated heterocycles. The summed E-state index contributed by atoms with van der Waals surface area (Å²) in [5, 5.41) is 9.18. The summed E-state index contributed by atoms with van der Waals surface area (Å²) in [6, 6.07) is 9.94. The molecule has 29 heavy (non-hydrogen) atoms. The van der Waals surface area contributed by atoms with Gasteiger partial charge in [-0.25, -0.2) is 12.8 Å². The zero-order valence-corrected chi connectivity index (χ0v) is 17.0. The lowest BCUT2D eigenvalue weighted by Crippen LogP contribution is -2.41. The van der Waals surface area contributed by atoms with E-state index in [2.05, 4.69) is 6.19 Å². The van der Waals surface area contributed by atoms with E-state index in [0.717, 1.165) is 0 Å². The van der Waals surface area contributed by atoms with Gasteiger partial charge in [-0.2, -0.15) is 9.57 Å². The molecule has 0 aliphatic carbocycles. The van der Waals surface area contributed by atoms with Crippen LogP contribution >= 0.6 is 0 Å². The van der Waals surface area contributed by atoms with E-state index in [4.69, 9.17) is 9.47 Å². The number of nitriles is 1. The van der Waals surface area contributed by atoms with E-state index in [1.807, 2.05) is 0 Å². The fraction of sp³-hybridized carbons (Fsp3) is 0.350. The Morgan fingerprint density at radius 2 is 2.03 bits per heavy atom. The molecule has 3 rings (SSSR count). The van der Waals surface area contributed by atoms with Crippen LogP contribution in [0.3, 0.4) is 0 Å². The molecule has 1 aliphatic heterocycles. The first kappa shape index (κ1) is 20.9. The van der Waals surface area contributed by atoms with E-state index in [1.54, 1.807) is 12.1 Å². The molecule has 0 unspecified atom stereocenters. The van der Waals surface area contributed by atoms with Gasteiger partial charge in [0.05, 0.1) is 14.2 Å². The third kappa shape index (κ3) is 4.44. The maximum absolute atomic E-state index is 13.7. The van der Waals surface area contributed by atoms with Crippen LogP contribution in [0, 0.1) is 17.3 Å². The van der Waals surface area contributed by atoms with Crippen molar-refractivity contribution in [1.29, 1.82) is 5.26 Å². The topological polar surface area (TPSA) is 82.9 Å². The van der Waals surface area contributed by atoms with Gasteiger partial charge in [-0.05, 0) is 36.2 Å². The molecule has 0 radical (unpaired) electrons. The summed E-state index contributed by atoms with van der Waals surface area (Å²) < 4.78 is 52.8. The van der Waals surface area contributed by atoms with Crippen LogP contribution in [-0.2, 0) is 16.6 Å². The lowest BCUT2D eigenvalue weighted by Gasteiger charge is -2.28. The van der Waals surface area contributed by atoms with Crippen molar-refractivity contribution in [1.82, 2.24) is 9.21 Å². The Labute approximate surface area is 169 Å². The summed E-state index contributed by atoms with van der Waals surface area (Å²) in [6.45, 7) is 0.716. The molecule has 1 fully saturated rings. The Morgan fingerprint density at radius 1 is 1.24 bits per heavy atom. The average molecular weight is 419 g/mol. The molecule has 1 aliphatic rings. The highest BCUT2D eigenvalue weighted by Gasteiger charge is 2.37. The number of methoxy groups -OCH3 is 2. The number of nitrogens with zero attached hydrogens (tertiary/aromatic N) is 3. The third-order valence-electron chi connectivity index (χ3n) is 4.90. The van der Waals surface area contributed by atoms with Crippen molar-refractivity contribution in [3.8, 4) is 17.7 Å². The molecule has 0 amide bonds. The Morgan fingerprint density at radius 3 is 2.66 bits per heavy atom. The summed E-state index contributed by atoms with van der Waals surface area (Å²) in [4.78, 5) is 1.48. The lowest BCUT2D eigenvalue weighted by atomic mass is 10.2. The molecule has 2 aromatic carbocycles. The van der Waals surface area contributed by atoms with Gasteiger partial charge >= 0.3 is 0 Å². The molecule has 0 saturated carbocycles. The van der Waals surface area contributed by atoms with Crippen molar-refractivity contribution in [2.45, 2.75) is 23.9 Å². The first-order chi connectivity index (χ1) is 13.9. The van der Waals surface area contributed by atoms with Gasteiger partial charge in [-0.15, -0.1) is 0 Å². The van der Waals surface area contributed by atoms with E-state index in [9.17, 15) is 18.1 Å². The second-order valence-electron chi connectivity index (χ2n) is 6.69. The fourth-order valence-corrected chi connectivity index (χ4v) is 5.21. The van der Waals surface area contributed by atoms with Crippen LogP contribution in [0.5, 0.6) is 11.5 Å². The van der Waals surface area contributed by atoms with Gasteiger partial charge < -0.3 is 14.4 Å². The third-order valence-corrected chi connectivity index (χ3v) is 6.82. The second-order valence-corrected chi connectivity index (χ2v) is 8.54. The van der Waals surface area contributed by atoms with E-state index in [0.29, 0.717) is 24.3 Å². The van der Waals surface area contributed by atoms with Crippen LogP contribution in [0.15, 0.2) is 47.4 Å². The number of rotatable bonds is 7. The Hall–Kier alpha value is -2.83. The monoisotopic (exact) mass is 419 g/mol. The smallest absolute Gasteiger partial charge is 0.247 e. The Bertz CT molecular complexity index is 1020. The first-order valence-electron chi connectivity index (χ1n) is 9.02. The van der Waals surface area contributed by atoms with E-state index in [-0.39, 0.29) is 23.7 Å². The van der Waals surface area contributed by atoms with Crippen molar-refractivity contribution in [3.05, 3.63) is 53.8 Å². The summed E-state index contributed by atoms with van der Waals surface area (Å²) in [5.74, 6) is 0.120. The molecule has 1 atom stereocenters. The van der Waals surface area contributed by atoms with Crippen molar-refractivity contribution >= 4 is 10.0 Å². The van der Waals surface area contributed by atoms with Gasteiger partial charge in [0.2, 0.25) is 10.0 Å². The molecule has 0 bridgehead atoms. The number of halogens is 1. The SMILES string of the molecule is COc1ccc(OC)c(S(=O)(=O)N(Cc2cccc(F)c2)[C@@H]2CCN(C#N)C2)c1. The van der Waals surface area contributed by atoms with Gasteiger partial charge in [-0.1, -0.05) is 12.1 Å². The minimum Gasteiger partial charge on any atom is -0.497 e. The highest BCUT2D eigenvalue weighted by molar-refractivity contribution is 7.89. The molecule has 0 aromatic heterocycles. The van der Waals surface area contributed by atoms with Gasteiger partial charge in [0.1, 0.15) is 22.2 Å². The summed E-state index contributed by atoms with van der Waals surface area (Å²) in [5.41, 5.74) is 0.519. The molecule has 9 heteroatoms. The van der Waals surface area contributed by atoms with E-state index < -0.39 is 21.9 Å². The molecule has 0 spiro atoms. The number of hydrogen-bond acceptors (Lipinski definition) is 6. The van der Waals surface area contributed by atoms with E-state index >= 15 is 0 Å². The normalized spacial score (nSPS) is 16.7. The molecule has 1 heterocycles. The first-order valence-corrected chi connectivity index (χ1v) is 10.5. The zero-order chi connectivity index (χ0) is 21.0.